The van der Waals surface area contributed by atoms with Crippen molar-refractivity contribution in [1.82, 2.24) is 0 Å². The minimum atomic E-state index is -0.531. The van der Waals surface area contributed by atoms with Crippen LogP contribution in [-0.4, -0.2) is 11.8 Å². The van der Waals surface area contributed by atoms with Crippen LogP contribution in [0.1, 0.15) is 47.2 Å². The second-order valence-electron chi connectivity index (χ2n) is 9.73. The number of hydrogen-bond donors (Lipinski definition) is 0. The third kappa shape index (κ3) is 1.96. The van der Waals surface area contributed by atoms with E-state index in [0.29, 0.717) is 5.69 Å². The highest BCUT2D eigenvalue weighted by Crippen LogP contribution is 2.66. The van der Waals surface area contributed by atoms with Crippen molar-refractivity contribution in [3.63, 3.8) is 0 Å². The average molecular weight is 408 g/mol. The first kappa shape index (κ1) is 18.6. The summed E-state index contributed by atoms with van der Waals surface area (Å²) in [6.07, 6.45) is 0. The first-order valence-electron chi connectivity index (χ1n) is 11.0. The second-order valence-corrected chi connectivity index (χ2v) is 9.73. The molecule has 0 saturated carbocycles. The number of rotatable bonds is 1. The molecule has 4 aliphatic rings. The molecule has 2 bridgehead atoms. The molecule has 0 N–H and O–H groups in total. The fraction of sp³-hybridized carbons (Fsp3) is 0.286. The minimum Gasteiger partial charge on any atom is -0.274 e. The van der Waals surface area contributed by atoms with Gasteiger partial charge in [-0.05, 0) is 59.4 Å². The third-order valence-electron chi connectivity index (χ3n) is 8.39. The van der Waals surface area contributed by atoms with Crippen LogP contribution in [-0.2, 0) is 20.4 Å². The van der Waals surface area contributed by atoms with Crippen molar-refractivity contribution in [2.45, 2.75) is 38.5 Å². The van der Waals surface area contributed by atoms with Gasteiger partial charge in [-0.1, -0.05) is 68.4 Å². The molecule has 3 aromatic carbocycles. The largest absolute Gasteiger partial charge is 0.274 e. The molecule has 154 valence electrons. The third-order valence-corrected chi connectivity index (χ3v) is 8.39. The summed E-state index contributed by atoms with van der Waals surface area (Å²) in [5.41, 5.74) is 6.58. The van der Waals surface area contributed by atoms with Crippen molar-refractivity contribution in [3.05, 3.63) is 100 Å². The summed E-state index contributed by atoms with van der Waals surface area (Å²) in [6.45, 7) is 8.39. The molecular weight excluding hydrogens is 382 g/mol. The van der Waals surface area contributed by atoms with Gasteiger partial charge in [0, 0.05) is 10.8 Å². The van der Waals surface area contributed by atoms with Gasteiger partial charge >= 0.3 is 0 Å². The van der Waals surface area contributed by atoms with Gasteiger partial charge in [0.05, 0.1) is 17.5 Å². The Morgan fingerprint density at radius 1 is 0.645 bits per heavy atom. The van der Waals surface area contributed by atoms with Crippen molar-refractivity contribution in [2.75, 3.05) is 4.90 Å². The van der Waals surface area contributed by atoms with Crippen LogP contribution in [0.5, 0.6) is 0 Å². The monoisotopic (exact) mass is 407 g/mol. The molecule has 2 amide bonds. The molecule has 1 saturated heterocycles. The lowest BCUT2D eigenvalue weighted by atomic mass is 9.42. The van der Waals surface area contributed by atoms with Gasteiger partial charge in [-0.15, -0.1) is 0 Å². The summed E-state index contributed by atoms with van der Waals surface area (Å²) in [7, 11) is 0. The normalized spacial score (nSPS) is 30.3. The Balaban J connectivity index is 1.65. The number of imide groups is 1. The minimum absolute atomic E-state index is 0.0732. The van der Waals surface area contributed by atoms with Crippen molar-refractivity contribution in [3.8, 4) is 0 Å². The molecule has 3 aliphatic carbocycles. The summed E-state index contributed by atoms with van der Waals surface area (Å²) in [6, 6.07) is 22.7. The Hall–Kier alpha value is -3.20. The van der Waals surface area contributed by atoms with Crippen LogP contribution in [0.4, 0.5) is 5.69 Å². The number of amides is 2. The van der Waals surface area contributed by atoms with E-state index < -0.39 is 22.7 Å². The molecule has 3 heteroatoms. The molecule has 2 atom stereocenters. The summed E-state index contributed by atoms with van der Waals surface area (Å²) < 4.78 is 0. The predicted octanol–water partition coefficient (Wildman–Crippen LogP) is 5.05. The van der Waals surface area contributed by atoms with Crippen LogP contribution in [0.2, 0.25) is 0 Å². The maximum atomic E-state index is 14.0. The van der Waals surface area contributed by atoms with E-state index >= 15 is 0 Å². The van der Waals surface area contributed by atoms with E-state index in [9.17, 15) is 9.59 Å². The lowest BCUT2D eigenvalue weighted by Gasteiger charge is -2.57. The first-order chi connectivity index (χ1) is 14.8. The number of carbonyl (C=O) groups is 2. The van der Waals surface area contributed by atoms with Crippen LogP contribution < -0.4 is 4.90 Å². The Bertz CT molecular complexity index is 1180. The van der Waals surface area contributed by atoms with E-state index in [1.54, 1.807) is 0 Å². The van der Waals surface area contributed by atoms with Gasteiger partial charge in [0.25, 0.3) is 0 Å². The number of benzene rings is 3. The SMILES string of the molecule is Cc1ccc(N2C(=O)C3C(C2=O)C2(C)c4ccccc4C3(C)c3ccccc32)cc1C. The summed E-state index contributed by atoms with van der Waals surface area (Å²) >= 11 is 0. The van der Waals surface area contributed by atoms with Crippen LogP contribution in [0.3, 0.4) is 0 Å². The zero-order chi connectivity index (χ0) is 21.7. The Kier molecular flexibility index (Phi) is 3.43. The summed E-state index contributed by atoms with van der Waals surface area (Å²) in [5, 5.41) is 0. The maximum absolute atomic E-state index is 14.0. The summed E-state index contributed by atoms with van der Waals surface area (Å²) in [5.74, 6) is -0.959. The van der Waals surface area contributed by atoms with Gasteiger partial charge in [-0.2, -0.15) is 0 Å². The molecular formula is C28H25NO2. The molecule has 3 nitrogen and oxygen atoms in total. The highest BCUT2D eigenvalue weighted by atomic mass is 16.2. The zero-order valence-corrected chi connectivity index (χ0v) is 18.3. The van der Waals surface area contributed by atoms with Gasteiger partial charge in [-0.3, -0.25) is 9.59 Å². The molecule has 7 rings (SSSR count). The molecule has 3 aromatic rings. The van der Waals surface area contributed by atoms with Gasteiger partial charge in [-0.25, -0.2) is 4.90 Å². The molecule has 1 fully saturated rings. The van der Waals surface area contributed by atoms with Crippen molar-refractivity contribution in [1.29, 1.82) is 0 Å². The standard InChI is InChI=1S/C28H25NO2/c1-16-13-14-18(15-17(16)2)29-25(30)23-24(26(29)31)28(4)21-11-7-5-9-19(21)27(23,3)20-10-6-8-12-22(20)28/h5-15,23-24H,1-4H3. The van der Waals surface area contributed by atoms with Gasteiger partial charge in [0.15, 0.2) is 0 Å². The highest BCUT2D eigenvalue weighted by Gasteiger charge is 2.70. The molecule has 0 spiro atoms. The highest BCUT2D eigenvalue weighted by molar-refractivity contribution is 6.24. The maximum Gasteiger partial charge on any atom is 0.238 e. The number of nitrogens with zero attached hydrogens (tertiary/aromatic N) is 1. The molecule has 0 radical (unpaired) electrons. The van der Waals surface area contributed by atoms with Crippen molar-refractivity contribution >= 4 is 17.5 Å². The van der Waals surface area contributed by atoms with Crippen molar-refractivity contribution in [2.24, 2.45) is 11.8 Å². The number of carbonyl (C=O) groups excluding carboxylic acids is 2. The van der Waals surface area contributed by atoms with E-state index in [4.69, 9.17) is 0 Å². The smallest absolute Gasteiger partial charge is 0.238 e. The quantitative estimate of drug-likeness (QED) is 0.530. The lowest BCUT2D eigenvalue weighted by molar-refractivity contribution is -0.124. The van der Waals surface area contributed by atoms with Gasteiger partial charge in [0.2, 0.25) is 11.8 Å². The average Bonchev–Trinajstić information content (AvgIpc) is 3.05. The van der Waals surface area contributed by atoms with E-state index in [1.165, 1.54) is 27.2 Å². The van der Waals surface area contributed by atoms with Crippen LogP contribution in [0.15, 0.2) is 66.7 Å². The molecule has 31 heavy (non-hydrogen) atoms. The molecule has 1 heterocycles. The topological polar surface area (TPSA) is 37.4 Å². The van der Waals surface area contributed by atoms with Crippen LogP contribution in [0.25, 0.3) is 0 Å². The van der Waals surface area contributed by atoms with Crippen LogP contribution in [0, 0.1) is 25.7 Å². The van der Waals surface area contributed by atoms with E-state index in [0.717, 1.165) is 11.1 Å². The van der Waals surface area contributed by atoms with Gasteiger partial charge < -0.3 is 0 Å². The molecule has 2 unspecified atom stereocenters. The van der Waals surface area contributed by atoms with Gasteiger partial charge in [0.1, 0.15) is 0 Å². The second kappa shape index (κ2) is 5.73. The van der Waals surface area contributed by atoms with Crippen molar-refractivity contribution < 1.29 is 9.59 Å². The Labute approximate surface area is 182 Å². The Morgan fingerprint density at radius 2 is 1.06 bits per heavy atom. The number of hydrogen-bond acceptors (Lipinski definition) is 2. The predicted molar refractivity (Wildman–Crippen MR) is 121 cm³/mol. The van der Waals surface area contributed by atoms with E-state index in [1.807, 2.05) is 56.3 Å². The van der Waals surface area contributed by atoms with Crippen LogP contribution >= 0.6 is 0 Å². The number of anilines is 1. The van der Waals surface area contributed by atoms with E-state index in [2.05, 4.69) is 38.1 Å². The van der Waals surface area contributed by atoms with E-state index in [-0.39, 0.29) is 11.8 Å². The lowest BCUT2D eigenvalue weighted by Crippen LogP contribution is -2.59. The first-order valence-corrected chi connectivity index (χ1v) is 11.0. The fourth-order valence-corrected chi connectivity index (χ4v) is 6.69. The Morgan fingerprint density at radius 3 is 1.45 bits per heavy atom. The molecule has 0 aromatic heterocycles. The summed E-state index contributed by atoms with van der Waals surface area (Å²) in [4.78, 5) is 29.5. The fourth-order valence-electron chi connectivity index (χ4n) is 6.69. The molecule has 1 aliphatic heterocycles. The number of aryl methyl sites for hydroxylation is 2. The zero-order valence-electron chi connectivity index (χ0n) is 18.3.